The van der Waals surface area contributed by atoms with Crippen molar-refractivity contribution in [3.8, 4) is 0 Å². The van der Waals surface area contributed by atoms with Gasteiger partial charge < -0.3 is 28.4 Å². The molecule has 0 amide bonds. The van der Waals surface area contributed by atoms with Gasteiger partial charge in [0.25, 0.3) is 0 Å². The number of ether oxygens (including phenoxy) is 6. The molecule has 0 aromatic carbocycles. The maximum Gasteiger partial charge on any atom is 0.347 e. The van der Waals surface area contributed by atoms with Crippen LogP contribution in [-0.4, -0.2) is 73.4 Å². The molecule has 0 aromatic rings. The van der Waals surface area contributed by atoms with Crippen LogP contribution < -0.4 is 0 Å². The predicted octanol–water partition coefficient (Wildman–Crippen LogP) is 17.4. The molecule has 75 heavy (non-hydrogen) atoms. The summed E-state index contributed by atoms with van der Waals surface area (Å²) in [4.78, 5) is 77.0. The Hall–Kier alpha value is -3.18. The molecule has 0 aliphatic heterocycles. The van der Waals surface area contributed by atoms with Gasteiger partial charge in [-0.15, -0.1) is 0 Å². The fraction of sp³-hybridized carbons (Fsp3) is 0.905. The minimum absolute atomic E-state index is 0.240. The van der Waals surface area contributed by atoms with Gasteiger partial charge in [-0.2, -0.15) is 0 Å². The summed E-state index contributed by atoms with van der Waals surface area (Å²) in [6, 6.07) is 0. The first kappa shape index (κ1) is 71.8. The van der Waals surface area contributed by atoms with E-state index in [2.05, 4.69) is 20.8 Å². The normalized spacial score (nSPS) is 12.9. The van der Waals surface area contributed by atoms with Crippen molar-refractivity contribution >= 4 is 35.8 Å². The van der Waals surface area contributed by atoms with Crippen LogP contribution in [0.5, 0.6) is 0 Å². The molecule has 0 N–H and O–H groups in total. The van der Waals surface area contributed by atoms with E-state index in [0.717, 1.165) is 57.8 Å². The van der Waals surface area contributed by atoms with Gasteiger partial charge in [-0.25, -0.2) is 14.4 Å². The summed E-state index contributed by atoms with van der Waals surface area (Å²) in [6.07, 6.45) is 45.5. The molecule has 0 aliphatic rings. The summed E-state index contributed by atoms with van der Waals surface area (Å²) in [5, 5.41) is 0. The van der Waals surface area contributed by atoms with Crippen molar-refractivity contribution in [1.29, 1.82) is 0 Å². The summed E-state index contributed by atoms with van der Waals surface area (Å²) in [5.74, 6) is -4.35. The highest BCUT2D eigenvalue weighted by Gasteiger charge is 2.31. The van der Waals surface area contributed by atoms with Crippen molar-refractivity contribution in [2.75, 3.05) is 13.2 Å². The molecule has 0 aromatic heterocycles. The minimum atomic E-state index is -1.29. The van der Waals surface area contributed by atoms with Gasteiger partial charge in [-0.05, 0) is 38.5 Å². The highest BCUT2D eigenvalue weighted by atomic mass is 16.6. The highest BCUT2D eigenvalue weighted by molar-refractivity contribution is 5.80. The SMILES string of the molecule is CCCCCCCCCCCCCCCCC(OC(C)=O)C(=O)OCC(COC(=O)C(CCCCCCCCCCCCCCCC)OC(C)=O)OC(=O)C(CCCCCCCCCCCCCCCC)OC(C)=O. The summed E-state index contributed by atoms with van der Waals surface area (Å²) in [6.45, 7) is 9.40. The molecule has 12 nitrogen and oxygen atoms in total. The summed E-state index contributed by atoms with van der Waals surface area (Å²) < 4.78 is 33.3. The van der Waals surface area contributed by atoms with Gasteiger partial charge >= 0.3 is 35.8 Å². The first-order valence-electron chi connectivity index (χ1n) is 31.5. The second-order valence-electron chi connectivity index (χ2n) is 21.8. The molecule has 12 heteroatoms. The average molecular weight is 1070 g/mol. The molecule has 0 saturated heterocycles. The van der Waals surface area contributed by atoms with Gasteiger partial charge in [0.15, 0.2) is 24.4 Å². The predicted molar refractivity (Wildman–Crippen MR) is 303 cm³/mol. The monoisotopic (exact) mass is 1060 g/mol. The first-order valence-corrected chi connectivity index (χ1v) is 31.5. The van der Waals surface area contributed by atoms with Crippen molar-refractivity contribution in [2.24, 2.45) is 0 Å². The van der Waals surface area contributed by atoms with Crippen LogP contribution in [-0.2, 0) is 57.2 Å². The van der Waals surface area contributed by atoms with E-state index >= 15 is 0 Å². The molecule has 3 atom stereocenters. The van der Waals surface area contributed by atoms with Crippen LogP contribution in [0, 0.1) is 0 Å². The maximum atomic E-state index is 13.7. The number of esters is 6. The lowest BCUT2D eigenvalue weighted by Gasteiger charge is -2.23. The Morgan fingerprint density at radius 1 is 0.253 bits per heavy atom. The largest absolute Gasteiger partial charge is 0.459 e. The number of unbranched alkanes of at least 4 members (excludes halogenated alkanes) is 39. The van der Waals surface area contributed by atoms with E-state index in [4.69, 9.17) is 28.4 Å². The minimum Gasteiger partial charge on any atom is -0.459 e. The van der Waals surface area contributed by atoms with Crippen LogP contribution in [0.25, 0.3) is 0 Å². The highest BCUT2D eigenvalue weighted by Crippen LogP contribution is 2.20. The van der Waals surface area contributed by atoms with Crippen LogP contribution in [0.2, 0.25) is 0 Å². The van der Waals surface area contributed by atoms with Crippen LogP contribution in [0.3, 0.4) is 0 Å². The Morgan fingerprint density at radius 2 is 0.440 bits per heavy atom. The van der Waals surface area contributed by atoms with Gasteiger partial charge in [0.05, 0.1) is 0 Å². The van der Waals surface area contributed by atoms with E-state index < -0.39 is 73.4 Å². The van der Waals surface area contributed by atoms with Crippen LogP contribution in [0.4, 0.5) is 0 Å². The van der Waals surface area contributed by atoms with E-state index in [0.29, 0.717) is 19.3 Å². The number of hydrogen-bond acceptors (Lipinski definition) is 12. The third-order valence-electron chi connectivity index (χ3n) is 14.3. The van der Waals surface area contributed by atoms with E-state index in [-0.39, 0.29) is 19.3 Å². The number of carbonyl (C=O) groups excluding carboxylic acids is 6. The molecule has 0 bridgehead atoms. The van der Waals surface area contributed by atoms with E-state index in [1.807, 2.05) is 0 Å². The van der Waals surface area contributed by atoms with E-state index in [9.17, 15) is 28.8 Å². The Labute approximate surface area is 459 Å². The molecular formula is C63H116O12. The molecule has 0 heterocycles. The van der Waals surface area contributed by atoms with Gasteiger partial charge in [0.1, 0.15) is 13.2 Å². The average Bonchev–Trinajstić information content (AvgIpc) is 3.37. The van der Waals surface area contributed by atoms with Gasteiger partial charge in [0.2, 0.25) is 0 Å². The lowest BCUT2D eigenvalue weighted by atomic mass is 10.0. The Morgan fingerprint density at radius 3 is 0.640 bits per heavy atom. The van der Waals surface area contributed by atoms with Crippen LogP contribution >= 0.6 is 0 Å². The molecule has 0 spiro atoms. The van der Waals surface area contributed by atoms with Crippen LogP contribution in [0.1, 0.15) is 330 Å². The maximum absolute atomic E-state index is 13.7. The smallest absolute Gasteiger partial charge is 0.347 e. The molecule has 0 saturated carbocycles. The Bertz CT molecular complexity index is 1300. The van der Waals surface area contributed by atoms with Crippen molar-refractivity contribution in [1.82, 2.24) is 0 Å². The lowest BCUT2D eigenvalue weighted by molar-refractivity contribution is -0.184. The molecule has 440 valence electrons. The van der Waals surface area contributed by atoms with Crippen molar-refractivity contribution < 1.29 is 57.2 Å². The molecule has 0 radical (unpaired) electrons. The van der Waals surface area contributed by atoms with Crippen molar-refractivity contribution in [2.45, 2.75) is 355 Å². The standard InChI is InChI=1S/C63H116O12/c1-7-10-13-16-19-22-25-28-31-34-37-40-43-46-49-58(72-54(4)64)61(67)70-52-57(75-63(69)60(74-56(6)66)51-48-45-42-39-36-33-30-27-24-21-18-15-12-9-3)53-71-62(68)59(73-55(5)65)50-47-44-41-38-35-32-29-26-23-20-17-14-11-8-2/h57-60H,7-53H2,1-6H3. The Kier molecular flexibility index (Phi) is 51.9. The fourth-order valence-electron chi connectivity index (χ4n) is 9.74. The van der Waals surface area contributed by atoms with Gasteiger partial charge in [-0.3, -0.25) is 14.4 Å². The molecule has 0 aliphatic carbocycles. The molecule has 0 rings (SSSR count). The zero-order chi connectivity index (χ0) is 55.3. The summed E-state index contributed by atoms with van der Waals surface area (Å²) in [7, 11) is 0. The zero-order valence-electron chi connectivity index (χ0n) is 49.4. The van der Waals surface area contributed by atoms with Crippen molar-refractivity contribution in [3.63, 3.8) is 0 Å². The molecule has 0 fully saturated rings. The summed E-state index contributed by atoms with van der Waals surface area (Å²) >= 11 is 0. The third-order valence-corrected chi connectivity index (χ3v) is 14.3. The Balaban J connectivity index is 5.44. The topological polar surface area (TPSA) is 158 Å². The quantitative estimate of drug-likeness (QED) is 0.0323. The molecule has 3 unspecified atom stereocenters. The van der Waals surface area contributed by atoms with Gasteiger partial charge in [-0.1, -0.05) is 271 Å². The number of rotatable bonds is 56. The third kappa shape index (κ3) is 48.9. The van der Waals surface area contributed by atoms with E-state index in [1.165, 1.54) is 213 Å². The fourth-order valence-corrected chi connectivity index (χ4v) is 9.74. The summed E-state index contributed by atoms with van der Waals surface area (Å²) in [5.41, 5.74) is 0. The van der Waals surface area contributed by atoms with E-state index in [1.54, 1.807) is 0 Å². The first-order chi connectivity index (χ1) is 36.4. The number of hydrogen-bond donors (Lipinski definition) is 0. The van der Waals surface area contributed by atoms with Crippen molar-refractivity contribution in [3.05, 3.63) is 0 Å². The second kappa shape index (κ2) is 54.2. The molecular weight excluding hydrogens is 949 g/mol. The van der Waals surface area contributed by atoms with Gasteiger partial charge in [0, 0.05) is 20.8 Å². The van der Waals surface area contributed by atoms with Crippen LogP contribution in [0.15, 0.2) is 0 Å². The zero-order valence-corrected chi connectivity index (χ0v) is 49.4. The number of carbonyl (C=O) groups is 6. The second-order valence-corrected chi connectivity index (χ2v) is 21.8. The lowest BCUT2D eigenvalue weighted by Crippen LogP contribution is -2.39.